The highest BCUT2D eigenvalue weighted by Gasteiger charge is 2.22. The van der Waals surface area contributed by atoms with Crippen LogP contribution in [0.2, 0.25) is 0 Å². The van der Waals surface area contributed by atoms with Gasteiger partial charge in [0.1, 0.15) is 0 Å². The van der Waals surface area contributed by atoms with Crippen molar-refractivity contribution in [3.8, 4) is 0 Å². The van der Waals surface area contributed by atoms with Crippen LogP contribution in [0.3, 0.4) is 0 Å². The Bertz CT molecular complexity index is 230. The van der Waals surface area contributed by atoms with Crippen molar-refractivity contribution in [1.82, 2.24) is 5.32 Å². The lowest BCUT2D eigenvalue weighted by molar-refractivity contribution is -0.123. The molecule has 0 radical (unpaired) electrons. The molecule has 3 heteroatoms. The van der Waals surface area contributed by atoms with Gasteiger partial charge in [-0.25, -0.2) is 0 Å². The number of aliphatic hydroxyl groups excluding tert-OH is 1. The third kappa shape index (κ3) is 6.06. The van der Waals surface area contributed by atoms with Crippen molar-refractivity contribution in [2.24, 2.45) is 5.92 Å². The lowest BCUT2D eigenvalue weighted by Crippen LogP contribution is -2.44. The first-order valence-corrected chi connectivity index (χ1v) is 6.95. The fourth-order valence-electron chi connectivity index (χ4n) is 2.60. The van der Waals surface area contributed by atoms with Crippen molar-refractivity contribution in [3.63, 3.8) is 0 Å². The minimum absolute atomic E-state index is 0.122. The molecule has 1 amide bonds. The smallest absolute Gasteiger partial charge is 0.220 e. The number of hydrogen-bond donors (Lipinski definition) is 2. The summed E-state index contributed by atoms with van der Waals surface area (Å²) in [6.45, 7) is 4.05. The van der Waals surface area contributed by atoms with Gasteiger partial charge in [0.15, 0.2) is 0 Å². The maximum atomic E-state index is 11.9. The molecular weight excluding hydrogens is 214 g/mol. The summed E-state index contributed by atoms with van der Waals surface area (Å²) in [5, 5.41) is 11.9. The van der Waals surface area contributed by atoms with Crippen LogP contribution >= 0.6 is 0 Å². The van der Waals surface area contributed by atoms with E-state index in [4.69, 9.17) is 5.11 Å². The molecule has 0 heterocycles. The molecule has 0 bridgehead atoms. The van der Waals surface area contributed by atoms with Gasteiger partial charge in [0.05, 0.1) is 0 Å². The van der Waals surface area contributed by atoms with Crippen LogP contribution in [0.15, 0.2) is 0 Å². The van der Waals surface area contributed by atoms with Gasteiger partial charge in [-0.2, -0.15) is 0 Å². The first kappa shape index (κ1) is 14.5. The van der Waals surface area contributed by atoms with E-state index in [0.717, 1.165) is 0 Å². The van der Waals surface area contributed by atoms with E-state index < -0.39 is 0 Å². The Hall–Kier alpha value is -0.570. The molecule has 1 aliphatic carbocycles. The lowest BCUT2D eigenvalue weighted by atomic mass is 9.94. The lowest BCUT2D eigenvalue weighted by Gasteiger charge is -2.26. The first-order valence-electron chi connectivity index (χ1n) is 6.95. The Morgan fingerprint density at radius 2 is 1.82 bits per heavy atom. The monoisotopic (exact) mass is 241 g/mol. The largest absolute Gasteiger partial charge is 0.396 e. The summed E-state index contributed by atoms with van der Waals surface area (Å²) in [7, 11) is 0. The molecule has 0 aliphatic heterocycles. The number of carbonyl (C=O) groups excluding carboxylic acids is 1. The highest BCUT2D eigenvalue weighted by Crippen LogP contribution is 2.25. The Balaban J connectivity index is 2.32. The van der Waals surface area contributed by atoms with Gasteiger partial charge in [-0.1, -0.05) is 25.7 Å². The van der Waals surface area contributed by atoms with E-state index in [0.29, 0.717) is 18.8 Å². The number of hydrogen-bond acceptors (Lipinski definition) is 2. The second-order valence-electron chi connectivity index (χ2n) is 5.97. The third-order valence-corrected chi connectivity index (χ3v) is 3.66. The van der Waals surface area contributed by atoms with E-state index >= 15 is 0 Å². The average molecular weight is 241 g/mol. The van der Waals surface area contributed by atoms with Gasteiger partial charge in [-0.3, -0.25) is 4.79 Å². The molecule has 100 valence electrons. The van der Waals surface area contributed by atoms with Gasteiger partial charge in [-0.15, -0.1) is 0 Å². The number of rotatable bonds is 5. The molecule has 1 rings (SSSR count). The van der Waals surface area contributed by atoms with Crippen molar-refractivity contribution < 1.29 is 9.90 Å². The van der Waals surface area contributed by atoms with Gasteiger partial charge in [0.2, 0.25) is 5.91 Å². The molecule has 0 aromatic carbocycles. The molecule has 0 saturated heterocycles. The van der Waals surface area contributed by atoms with Crippen molar-refractivity contribution >= 4 is 5.91 Å². The zero-order chi connectivity index (χ0) is 12.7. The van der Waals surface area contributed by atoms with Crippen LogP contribution in [0.5, 0.6) is 0 Å². The average Bonchev–Trinajstić information content (AvgIpc) is 2.44. The number of carbonyl (C=O) groups is 1. The zero-order valence-corrected chi connectivity index (χ0v) is 11.3. The highest BCUT2D eigenvalue weighted by molar-refractivity contribution is 5.76. The van der Waals surface area contributed by atoms with E-state index in [-0.39, 0.29) is 18.1 Å². The van der Waals surface area contributed by atoms with Crippen molar-refractivity contribution in [3.05, 3.63) is 0 Å². The van der Waals surface area contributed by atoms with Crippen LogP contribution in [0.25, 0.3) is 0 Å². The standard InChI is InChI=1S/C14H27NO2/c1-14(2,9-10-16)15-13(17)11-12-7-5-3-4-6-8-12/h12,16H,3-11H2,1-2H3,(H,15,17). The SMILES string of the molecule is CC(C)(CCO)NC(=O)CC1CCCCCC1. The predicted octanol–water partition coefficient (Wildman–Crippen LogP) is 2.62. The van der Waals surface area contributed by atoms with Crippen LogP contribution < -0.4 is 5.32 Å². The summed E-state index contributed by atoms with van der Waals surface area (Å²) in [5.41, 5.74) is -0.281. The summed E-state index contributed by atoms with van der Waals surface area (Å²) in [4.78, 5) is 11.9. The summed E-state index contributed by atoms with van der Waals surface area (Å²) < 4.78 is 0. The van der Waals surface area contributed by atoms with Gasteiger partial charge in [-0.05, 0) is 39.0 Å². The molecule has 0 unspecified atom stereocenters. The second-order valence-corrected chi connectivity index (χ2v) is 5.97. The maximum Gasteiger partial charge on any atom is 0.220 e. The molecule has 2 N–H and O–H groups in total. The third-order valence-electron chi connectivity index (χ3n) is 3.66. The minimum atomic E-state index is -0.281. The first-order chi connectivity index (χ1) is 8.03. The Morgan fingerprint density at radius 3 is 2.35 bits per heavy atom. The van der Waals surface area contributed by atoms with Gasteiger partial charge in [0, 0.05) is 18.6 Å². The molecule has 0 aromatic heterocycles. The minimum Gasteiger partial charge on any atom is -0.396 e. The van der Waals surface area contributed by atoms with E-state index in [1.165, 1.54) is 38.5 Å². The fourth-order valence-corrected chi connectivity index (χ4v) is 2.60. The molecule has 0 spiro atoms. The Labute approximate surface area is 105 Å². The van der Waals surface area contributed by atoms with Crippen LogP contribution in [0, 0.1) is 5.92 Å². The van der Waals surface area contributed by atoms with Gasteiger partial charge >= 0.3 is 0 Å². The molecule has 17 heavy (non-hydrogen) atoms. The Morgan fingerprint density at radius 1 is 1.24 bits per heavy atom. The highest BCUT2D eigenvalue weighted by atomic mass is 16.3. The molecule has 1 fully saturated rings. The fraction of sp³-hybridized carbons (Fsp3) is 0.929. The molecule has 1 saturated carbocycles. The quantitative estimate of drug-likeness (QED) is 0.727. The van der Waals surface area contributed by atoms with Crippen molar-refractivity contribution in [2.75, 3.05) is 6.61 Å². The van der Waals surface area contributed by atoms with Crippen LogP contribution in [-0.2, 0) is 4.79 Å². The van der Waals surface area contributed by atoms with E-state index in [9.17, 15) is 4.79 Å². The molecule has 0 atom stereocenters. The summed E-state index contributed by atoms with van der Waals surface area (Å²) in [6, 6.07) is 0. The van der Waals surface area contributed by atoms with E-state index in [2.05, 4.69) is 5.32 Å². The normalized spacial score (nSPS) is 18.8. The van der Waals surface area contributed by atoms with Crippen LogP contribution in [0.1, 0.15) is 65.2 Å². The van der Waals surface area contributed by atoms with Crippen molar-refractivity contribution in [1.29, 1.82) is 0 Å². The molecular formula is C14H27NO2. The van der Waals surface area contributed by atoms with Gasteiger partial charge < -0.3 is 10.4 Å². The number of nitrogens with one attached hydrogen (secondary N) is 1. The van der Waals surface area contributed by atoms with Crippen LogP contribution in [0.4, 0.5) is 0 Å². The van der Waals surface area contributed by atoms with E-state index in [1.54, 1.807) is 0 Å². The summed E-state index contributed by atoms with van der Waals surface area (Å²) >= 11 is 0. The topological polar surface area (TPSA) is 49.3 Å². The summed E-state index contributed by atoms with van der Waals surface area (Å²) in [5.74, 6) is 0.720. The van der Waals surface area contributed by atoms with Gasteiger partial charge in [0.25, 0.3) is 0 Å². The molecule has 1 aliphatic rings. The zero-order valence-electron chi connectivity index (χ0n) is 11.3. The van der Waals surface area contributed by atoms with Crippen molar-refractivity contribution in [2.45, 2.75) is 70.8 Å². The Kier molecular flexibility index (Phi) is 5.96. The maximum absolute atomic E-state index is 11.9. The predicted molar refractivity (Wildman–Crippen MR) is 69.7 cm³/mol. The molecule has 3 nitrogen and oxygen atoms in total. The van der Waals surface area contributed by atoms with E-state index in [1.807, 2.05) is 13.8 Å². The number of aliphatic hydroxyl groups is 1. The number of amides is 1. The van der Waals surface area contributed by atoms with Crippen LogP contribution in [-0.4, -0.2) is 23.2 Å². The summed E-state index contributed by atoms with van der Waals surface area (Å²) in [6.07, 6.45) is 8.89. The second kappa shape index (κ2) is 7.00. The molecule has 0 aromatic rings.